The van der Waals surface area contributed by atoms with Gasteiger partial charge < -0.3 is 9.52 Å². The fourth-order valence-corrected chi connectivity index (χ4v) is 2.66. The molecule has 0 radical (unpaired) electrons. The molecule has 2 aromatic carbocycles. The Morgan fingerprint density at radius 2 is 1.79 bits per heavy atom. The summed E-state index contributed by atoms with van der Waals surface area (Å²) in [5.41, 5.74) is 6.72. The number of benzene rings is 2. The quantitative estimate of drug-likeness (QED) is 0.503. The number of carbonyl (C=O) groups is 2. The molecule has 0 spiro atoms. The molecule has 0 aliphatic rings. The number of amides is 1. The molecule has 0 bridgehead atoms. The minimum Gasteiger partial charge on any atom is -0.478 e. The van der Waals surface area contributed by atoms with Gasteiger partial charge >= 0.3 is 5.97 Å². The van der Waals surface area contributed by atoms with Crippen molar-refractivity contribution in [1.29, 1.82) is 0 Å². The molecule has 1 amide bonds. The molecule has 1 heterocycles. The van der Waals surface area contributed by atoms with E-state index in [4.69, 9.17) is 9.52 Å². The second-order valence-corrected chi connectivity index (χ2v) is 6.47. The van der Waals surface area contributed by atoms with Crippen molar-refractivity contribution in [3.63, 3.8) is 0 Å². The number of aryl methyl sites for hydroxylation is 2. The molecule has 0 aliphatic carbocycles. The topological polar surface area (TPSA) is 91.9 Å². The van der Waals surface area contributed by atoms with Crippen molar-refractivity contribution in [1.82, 2.24) is 5.43 Å². The summed E-state index contributed by atoms with van der Waals surface area (Å²) in [7, 11) is 0. The van der Waals surface area contributed by atoms with Gasteiger partial charge in [-0.25, -0.2) is 10.2 Å². The van der Waals surface area contributed by atoms with Crippen molar-refractivity contribution in [2.75, 3.05) is 0 Å². The summed E-state index contributed by atoms with van der Waals surface area (Å²) >= 11 is 0. The zero-order valence-corrected chi connectivity index (χ0v) is 15.6. The van der Waals surface area contributed by atoms with E-state index in [0.717, 1.165) is 16.7 Å². The number of hydrazone groups is 1. The summed E-state index contributed by atoms with van der Waals surface area (Å²) in [6, 6.07) is 15.8. The number of aromatic carboxylic acids is 1. The van der Waals surface area contributed by atoms with Crippen LogP contribution < -0.4 is 5.43 Å². The van der Waals surface area contributed by atoms with E-state index in [0.29, 0.717) is 11.5 Å². The fourth-order valence-electron chi connectivity index (χ4n) is 2.66. The molecule has 0 saturated heterocycles. The lowest BCUT2D eigenvalue weighted by molar-refractivity contribution is -0.120. The maximum absolute atomic E-state index is 12.0. The molecule has 142 valence electrons. The van der Waals surface area contributed by atoms with Crippen LogP contribution >= 0.6 is 0 Å². The third-order valence-corrected chi connectivity index (χ3v) is 4.36. The van der Waals surface area contributed by atoms with E-state index in [2.05, 4.69) is 10.5 Å². The van der Waals surface area contributed by atoms with Gasteiger partial charge in [0.05, 0.1) is 18.2 Å². The van der Waals surface area contributed by atoms with Crippen molar-refractivity contribution >= 4 is 18.1 Å². The van der Waals surface area contributed by atoms with Crippen LogP contribution in [0.25, 0.3) is 11.3 Å². The Hall–Kier alpha value is -3.67. The normalized spacial score (nSPS) is 10.9. The standard InChI is InChI=1S/C22H20N2O4/c1-14-3-4-16(11-15(14)2)12-21(25)24-23-13-19-9-10-20(28-19)17-5-7-18(8-6-17)22(26)27/h3-11,13H,12H2,1-2H3,(H,24,25)(H,26,27). The highest BCUT2D eigenvalue weighted by atomic mass is 16.4. The van der Waals surface area contributed by atoms with Crippen LogP contribution in [0.3, 0.4) is 0 Å². The Balaban J connectivity index is 1.58. The van der Waals surface area contributed by atoms with Gasteiger partial charge in [-0.2, -0.15) is 5.10 Å². The van der Waals surface area contributed by atoms with Crippen molar-refractivity contribution in [3.05, 3.63) is 82.6 Å². The first-order valence-corrected chi connectivity index (χ1v) is 8.74. The number of nitrogens with zero attached hydrogens (tertiary/aromatic N) is 1. The smallest absolute Gasteiger partial charge is 0.335 e. The van der Waals surface area contributed by atoms with Gasteiger partial charge in [0.2, 0.25) is 5.91 Å². The van der Waals surface area contributed by atoms with Gasteiger partial charge in [0, 0.05) is 5.56 Å². The van der Waals surface area contributed by atoms with Gasteiger partial charge in [-0.05, 0) is 54.8 Å². The number of carboxylic acid groups (broad SMARTS) is 1. The first-order chi connectivity index (χ1) is 13.4. The van der Waals surface area contributed by atoms with E-state index in [1.54, 1.807) is 24.3 Å². The lowest BCUT2D eigenvalue weighted by Crippen LogP contribution is -2.19. The molecule has 0 atom stereocenters. The van der Waals surface area contributed by atoms with E-state index >= 15 is 0 Å². The molecule has 6 nitrogen and oxygen atoms in total. The van der Waals surface area contributed by atoms with Gasteiger partial charge in [-0.15, -0.1) is 0 Å². The number of rotatable bonds is 6. The van der Waals surface area contributed by atoms with Crippen molar-refractivity contribution in [2.45, 2.75) is 20.3 Å². The first kappa shape index (κ1) is 19.1. The first-order valence-electron chi connectivity index (χ1n) is 8.74. The van der Waals surface area contributed by atoms with E-state index in [-0.39, 0.29) is 17.9 Å². The minimum absolute atomic E-state index is 0.212. The number of hydrogen-bond acceptors (Lipinski definition) is 4. The number of carboxylic acids is 1. The fraction of sp³-hybridized carbons (Fsp3) is 0.136. The van der Waals surface area contributed by atoms with Crippen LogP contribution in [0.2, 0.25) is 0 Å². The summed E-state index contributed by atoms with van der Waals surface area (Å²) in [6.07, 6.45) is 1.67. The average Bonchev–Trinajstić information content (AvgIpc) is 3.14. The van der Waals surface area contributed by atoms with Crippen LogP contribution in [0.4, 0.5) is 0 Å². The van der Waals surface area contributed by atoms with E-state index < -0.39 is 5.97 Å². The highest BCUT2D eigenvalue weighted by molar-refractivity contribution is 5.88. The summed E-state index contributed by atoms with van der Waals surface area (Å²) < 4.78 is 5.65. The number of furan rings is 1. The van der Waals surface area contributed by atoms with Crippen LogP contribution in [0.5, 0.6) is 0 Å². The summed E-state index contributed by atoms with van der Waals surface area (Å²) in [5.74, 6) is -0.130. The molecule has 28 heavy (non-hydrogen) atoms. The second kappa shape index (κ2) is 8.35. The maximum atomic E-state index is 12.0. The minimum atomic E-state index is -0.977. The Morgan fingerprint density at radius 1 is 1.04 bits per heavy atom. The lowest BCUT2D eigenvalue weighted by atomic mass is 10.0. The van der Waals surface area contributed by atoms with Crippen molar-refractivity contribution in [2.24, 2.45) is 5.10 Å². The maximum Gasteiger partial charge on any atom is 0.335 e. The molecule has 0 unspecified atom stereocenters. The summed E-state index contributed by atoms with van der Waals surface area (Å²) in [5, 5.41) is 12.9. The van der Waals surface area contributed by atoms with Crippen LogP contribution in [0, 0.1) is 13.8 Å². The van der Waals surface area contributed by atoms with Crippen molar-refractivity contribution in [3.8, 4) is 11.3 Å². The van der Waals surface area contributed by atoms with Crippen LogP contribution in [0.15, 0.2) is 64.1 Å². The molecule has 1 aromatic heterocycles. The van der Waals surface area contributed by atoms with Gasteiger partial charge in [0.1, 0.15) is 11.5 Å². The monoisotopic (exact) mass is 376 g/mol. The Morgan fingerprint density at radius 3 is 2.46 bits per heavy atom. The Bertz CT molecular complexity index is 1030. The molecule has 3 rings (SSSR count). The largest absolute Gasteiger partial charge is 0.478 e. The van der Waals surface area contributed by atoms with Crippen LogP contribution in [-0.2, 0) is 11.2 Å². The molecule has 0 saturated carbocycles. The second-order valence-electron chi connectivity index (χ2n) is 6.47. The molecule has 6 heteroatoms. The zero-order chi connectivity index (χ0) is 20.1. The third-order valence-electron chi connectivity index (χ3n) is 4.36. The predicted octanol–water partition coefficient (Wildman–Crippen LogP) is 3.95. The lowest BCUT2D eigenvalue weighted by Gasteiger charge is -2.04. The molecule has 3 aromatic rings. The van der Waals surface area contributed by atoms with E-state index in [1.165, 1.54) is 23.9 Å². The molecule has 2 N–H and O–H groups in total. The zero-order valence-electron chi connectivity index (χ0n) is 15.6. The number of carbonyl (C=O) groups excluding carboxylic acids is 1. The highest BCUT2D eigenvalue weighted by Gasteiger charge is 2.07. The summed E-state index contributed by atoms with van der Waals surface area (Å²) in [4.78, 5) is 22.9. The third kappa shape index (κ3) is 4.73. The van der Waals surface area contributed by atoms with Gasteiger partial charge in [-0.1, -0.05) is 30.3 Å². The van der Waals surface area contributed by atoms with Crippen molar-refractivity contribution < 1.29 is 19.1 Å². The average molecular weight is 376 g/mol. The van der Waals surface area contributed by atoms with Crippen LogP contribution in [0.1, 0.15) is 32.8 Å². The molecular weight excluding hydrogens is 356 g/mol. The Labute approximate surface area is 162 Å². The number of nitrogens with one attached hydrogen (secondary N) is 1. The predicted molar refractivity (Wildman–Crippen MR) is 106 cm³/mol. The van der Waals surface area contributed by atoms with Gasteiger partial charge in [-0.3, -0.25) is 4.79 Å². The molecular formula is C22H20N2O4. The number of hydrogen-bond donors (Lipinski definition) is 2. The molecule has 0 fully saturated rings. The van der Waals surface area contributed by atoms with E-state index in [1.807, 2.05) is 32.0 Å². The molecule has 0 aliphatic heterocycles. The summed E-state index contributed by atoms with van der Waals surface area (Å²) in [6.45, 7) is 4.04. The van der Waals surface area contributed by atoms with Crippen LogP contribution in [-0.4, -0.2) is 23.2 Å². The SMILES string of the molecule is Cc1ccc(CC(=O)NN=Cc2ccc(-c3ccc(C(=O)O)cc3)o2)cc1C. The van der Waals surface area contributed by atoms with Gasteiger partial charge in [0.25, 0.3) is 0 Å². The van der Waals surface area contributed by atoms with Gasteiger partial charge in [0.15, 0.2) is 0 Å². The highest BCUT2D eigenvalue weighted by Crippen LogP contribution is 2.22. The Kier molecular flexibility index (Phi) is 5.69. The van der Waals surface area contributed by atoms with E-state index in [9.17, 15) is 9.59 Å².